The van der Waals surface area contributed by atoms with Crippen molar-refractivity contribution < 1.29 is 14.4 Å². The monoisotopic (exact) mass is 256 g/mol. The Bertz CT molecular complexity index is 424. The van der Waals surface area contributed by atoms with Gasteiger partial charge >= 0.3 is 0 Å². The van der Waals surface area contributed by atoms with Crippen LogP contribution < -0.4 is 5.32 Å². The van der Waals surface area contributed by atoms with Gasteiger partial charge in [0.1, 0.15) is 11.5 Å². The van der Waals surface area contributed by atoms with E-state index in [0.717, 1.165) is 12.1 Å². The van der Waals surface area contributed by atoms with Crippen LogP contribution in [0.1, 0.15) is 20.3 Å². The van der Waals surface area contributed by atoms with Crippen LogP contribution in [0.5, 0.6) is 0 Å². The van der Waals surface area contributed by atoms with Crippen LogP contribution in [-0.2, 0) is 0 Å². The number of hydrogen-bond acceptors (Lipinski definition) is 4. The van der Waals surface area contributed by atoms with Crippen molar-refractivity contribution in [2.24, 2.45) is 5.92 Å². The molecule has 0 spiro atoms. The molecular formula is C12H17FN2O3. The van der Waals surface area contributed by atoms with Gasteiger partial charge in [-0.1, -0.05) is 13.8 Å². The summed E-state index contributed by atoms with van der Waals surface area (Å²) in [5.74, 6) is -0.319. The SMILES string of the molecule is CC(C)CC(O)CNc1ccc(F)cc1[N+](=O)[O-]. The smallest absolute Gasteiger partial charge is 0.295 e. The number of aliphatic hydroxyl groups is 1. The highest BCUT2D eigenvalue weighted by Crippen LogP contribution is 2.25. The number of nitrogens with one attached hydrogen (secondary N) is 1. The highest BCUT2D eigenvalue weighted by molar-refractivity contribution is 5.61. The first-order chi connectivity index (χ1) is 8.40. The molecule has 0 heterocycles. The zero-order valence-electron chi connectivity index (χ0n) is 10.4. The fraction of sp³-hybridized carbons (Fsp3) is 0.500. The maximum atomic E-state index is 12.9. The third-order valence-electron chi connectivity index (χ3n) is 2.43. The number of nitro benzene ring substituents is 1. The first-order valence-corrected chi connectivity index (χ1v) is 5.76. The highest BCUT2D eigenvalue weighted by Gasteiger charge is 2.15. The maximum absolute atomic E-state index is 12.9. The summed E-state index contributed by atoms with van der Waals surface area (Å²) in [5, 5.41) is 23.2. The van der Waals surface area contributed by atoms with E-state index in [1.807, 2.05) is 13.8 Å². The second kappa shape index (κ2) is 6.30. The molecule has 1 aromatic rings. The number of aliphatic hydroxyl groups excluding tert-OH is 1. The number of rotatable bonds is 6. The molecule has 18 heavy (non-hydrogen) atoms. The van der Waals surface area contributed by atoms with Gasteiger partial charge < -0.3 is 10.4 Å². The van der Waals surface area contributed by atoms with Gasteiger partial charge in [-0.3, -0.25) is 10.1 Å². The van der Waals surface area contributed by atoms with Gasteiger partial charge in [-0.15, -0.1) is 0 Å². The lowest BCUT2D eigenvalue weighted by Crippen LogP contribution is -2.21. The van der Waals surface area contributed by atoms with Crippen LogP contribution in [0.15, 0.2) is 18.2 Å². The molecule has 5 nitrogen and oxygen atoms in total. The molecule has 1 atom stereocenters. The lowest BCUT2D eigenvalue weighted by Gasteiger charge is -2.14. The van der Waals surface area contributed by atoms with E-state index < -0.39 is 16.8 Å². The molecule has 0 aliphatic rings. The maximum Gasteiger partial charge on any atom is 0.295 e. The van der Waals surface area contributed by atoms with Crippen molar-refractivity contribution in [3.05, 3.63) is 34.1 Å². The summed E-state index contributed by atoms with van der Waals surface area (Å²) in [5.41, 5.74) is -0.115. The molecule has 0 amide bonds. The number of benzene rings is 1. The van der Waals surface area contributed by atoms with E-state index >= 15 is 0 Å². The number of halogens is 1. The molecule has 0 radical (unpaired) electrons. The average molecular weight is 256 g/mol. The van der Waals surface area contributed by atoms with E-state index in [4.69, 9.17) is 0 Å². The lowest BCUT2D eigenvalue weighted by atomic mass is 10.1. The molecule has 2 N–H and O–H groups in total. The fourth-order valence-corrected chi connectivity index (χ4v) is 1.66. The standard InChI is InChI=1S/C12H17FN2O3/c1-8(2)5-10(16)7-14-11-4-3-9(13)6-12(11)15(17)18/h3-4,6,8,10,14,16H,5,7H2,1-2H3. The first kappa shape index (κ1) is 14.4. The molecule has 1 unspecified atom stereocenters. The molecule has 0 bridgehead atoms. The number of nitrogens with zero attached hydrogens (tertiary/aromatic N) is 1. The van der Waals surface area contributed by atoms with Gasteiger partial charge in [0.2, 0.25) is 0 Å². The molecule has 100 valence electrons. The van der Waals surface area contributed by atoms with E-state index in [0.29, 0.717) is 12.3 Å². The Morgan fingerprint density at radius 3 is 2.72 bits per heavy atom. The topological polar surface area (TPSA) is 75.4 Å². The minimum Gasteiger partial charge on any atom is -0.391 e. The molecule has 6 heteroatoms. The Morgan fingerprint density at radius 2 is 2.17 bits per heavy atom. The van der Waals surface area contributed by atoms with Crippen molar-refractivity contribution in [3.63, 3.8) is 0 Å². The Hall–Kier alpha value is -1.69. The zero-order valence-corrected chi connectivity index (χ0v) is 10.4. The number of anilines is 1. The molecule has 0 aliphatic carbocycles. The Labute approximate surface area is 105 Å². The zero-order chi connectivity index (χ0) is 13.7. The molecule has 0 saturated heterocycles. The summed E-state index contributed by atoms with van der Waals surface area (Å²) in [6.45, 7) is 4.15. The summed E-state index contributed by atoms with van der Waals surface area (Å²) >= 11 is 0. The summed E-state index contributed by atoms with van der Waals surface area (Å²) in [4.78, 5) is 10.1. The summed E-state index contributed by atoms with van der Waals surface area (Å²) in [7, 11) is 0. The van der Waals surface area contributed by atoms with Crippen LogP contribution in [0.2, 0.25) is 0 Å². The lowest BCUT2D eigenvalue weighted by molar-refractivity contribution is -0.384. The van der Waals surface area contributed by atoms with E-state index in [1.165, 1.54) is 6.07 Å². The average Bonchev–Trinajstić information content (AvgIpc) is 2.26. The van der Waals surface area contributed by atoms with Crippen LogP contribution in [0.25, 0.3) is 0 Å². The van der Waals surface area contributed by atoms with Crippen LogP contribution in [0.3, 0.4) is 0 Å². The Balaban J connectivity index is 2.70. The van der Waals surface area contributed by atoms with Gasteiger partial charge in [0.25, 0.3) is 5.69 Å². The van der Waals surface area contributed by atoms with Crippen LogP contribution in [0.4, 0.5) is 15.8 Å². The van der Waals surface area contributed by atoms with E-state index in [2.05, 4.69) is 5.32 Å². The van der Waals surface area contributed by atoms with Gasteiger partial charge in [-0.25, -0.2) is 4.39 Å². The molecule has 0 saturated carbocycles. The third kappa shape index (κ3) is 4.29. The molecule has 0 fully saturated rings. The summed E-state index contributed by atoms with van der Waals surface area (Å²) < 4.78 is 12.9. The summed E-state index contributed by atoms with van der Waals surface area (Å²) in [6.07, 6.45) is 0.0109. The number of nitro groups is 1. The van der Waals surface area contributed by atoms with E-state index in [-0.39, 0.29) is 17.9 Å². The minimum atomic E-state index is -0.657. The van der Waals surface area contributed by atoms with Gasteiger partial charge in [-0.2, -0.15) is 0 Å². The second-order valence-corrected chi connectivity index (χ2v) is 4.58. The Morgan fingerprint density at radius 1 is 1.50 bits per heavy atom. The van der Waals surface area contributed by atoms with E-state index in [1.54, 1.807) is 0 Å². The van der Waals surface area contributed by atoms with Gasteiger partial charge in [0.05, 0.1) is 17.1 Å². The van der Waals surface area contributed by atoms with E-state index in [9.17, 15) is 19.6 Å². The molecular weight excluding hydrogens is 239 g/mol. The first-order valence-electron chi connectivity index (χ1n) is 5.76. The van der Waals surface area contributed by atoms with Crippen molar-refractivity contribution in [3.8, 4) is 0 Å². The van der Waals surface area contributed by atoms with Crippen molar-refractivity contribution in [1.82, 2.24) is 0 Å². The highest BCUT2D eigenvalue weighted by atomic mass is 19.1. The van der Waals surface area contributed by atoms with Crippen molar-refractivity contribution >= 4 is 11.4 Å². The van der Waals surface area contributed by atoms with Crippen molar-refractivity contribution in [2.75, 3.05) is 11.9 Å². The molecule has 0 aliphatic heterocycles. The van der Waals surface area contributed by atoms with Crippen molar-refractivity contribution in [1.29, 1.82) is 0 Å². The predicted octanol–water partition coefficient (Wildman–Crippen LogP) is 2.55. The fourth-order valence-electron chi connectivity index (χ4n) is 1.66. The third-order valence-corrected chi connectivity index (χ3v) is 2.43. The normalized spacial score (nSPS) is 12.5. The molecule has 0 aromatic heterocycles. The van der Waals surface area contributed by atoms with Crippen LogP contribution in [-0.4, -0.2) is 22.7 Å². The van der Waals surface area contributed by atoms with Crippen LogP contribution >= 0.6 is 0 Å². The molecule has 1 aromatic carbocycles. The van der Waals surface area contributed by atoms with Crippen molar-refractivity contribution in [2.45, 2.75) is 26.4 Å². The summed E-state index contributed by atoms with van der Waals surface area (Å²) in [6, 6.07) is 3.30. The van der Waals surface area contributed by atoms with Crippen LogP contribution in [0, 0.1) is 21.8 Å². The van der Waals surface area contributed by atoms with Gasteiger partial charge in [0.15, 0.2) is 0 Å². The number of hydrogen-bond donors (Lipinski definition) is 2. The quantitative estimate of drug-likeness (QED) is 0.606. The van der Waals surface area contributed by atoms with Gasteiger partial charge in [-0.05, 0) is 24.5 Å². The van der Waals surface area contributed by atoms with Gasteiger partial charge in [0, 0.05) is 6.54 Å². The molecule has 1 rings (SSSR count). The predicted molar refractivity (Wildman–Crippen MR) is 67.0 cm³/mol. The second-order valence-electron chi connectivity index (χ2n) is 4.58. The Kier molecular flexibility index (Phi) is 5.03. The minimum absolute atomic E-state index is 0.199. The largest absolute Gasteiger partial charge is 0.391 e.